The van der Waals surface area contributed by atoms with Crippen LogP contribution in [0.25, 0.3) is 0 Å². The van der Waals surface area contributed by atoms with Crippen LogP contribution in [0.5, 0.6) is 0 Å². The lowest BCUT2D eigenvalue weighted by molar-refractivity contribution is -0.156. The van der Waals surface area contributed by atoms with Gasteiger partial charge in [0.2, 0.25) is 5.91 Å². The van der Waals surface area contributed by atoms with Crippen molar-refractivity contribution in [3.63, 3.8) is 0 Å². The van der Waals surface area contributed by atoms with Gasteiger partial charge < -0.3 is 10.0 Å². The van der Waals surface area contributed by atoms with Crippen LogP contribution in [0.4, 0.5) is 0 Å². The number of rotatable bonds is 1. The molecular formula is C10H17NO2. The Morgan fingerprint density at radius 3 is 2.38 bits per heavy atom. The normalized spacial score (nSPS) is 27.4. The molecule has 1 amide bonds. The van der Waals surface area contributed by atoms with Gasteiger partial charge in [0.1, 0.15) is 0 Å². The molecule has 1 aliphatic carbocycles. The SMILES string of the molecule is CC1(O)CN(C(=O)C2CCCC2)C1. The van der Waals surface area contributed by atoms with E-state index >= 15 is 0 Å². The second-order valence-corrected chi connectivity index (χ2v) is 4.67. The number of β-amino-alcohol motifs (C(OH)–C–C–N with tert-alkyl or cyclic N) is 1. The average Bonchev–Trinajstić information content (AvgIpc) is 2.50. The van der Waals surface area contributed by atoms with Gasteiger partial charge in [0.25, 0.3) is 0 Å². The van der Waals surface area contributed by atoms with Gasteiger partial charge in [-0.2, -0.15) is 0 Å². The summed E-state index contributed by atoms with van der Waals surface area (Å²) in [6, 6.07) is 0. The first kappa shape index (κ1) is 9.00. The Bertz CT molecular complexity index is 211. The fraction of sp³-hybridized carbons (Fsp3) is 0.900. The molecule has 1 saturated carbocycles. The van der Waals surface area contributed by atoms with Crippen LogP contribution in [0, 0.1) is 5.92 Å². The molecule has 0 spiro atoms. The summed E-state index contributed by atoms with van der Waals surface area (Å²) in [7, 11) is 0. The van der Waals surface area contributed by atoms with E-state index in [2.05, 4.69) is 0 Å². The summed E-state index contributed by atoms with van der Waals surface area (Å²) in [5.41, 5.74) is -0.617. The van der Waals surface area contributed by atoms with E-state index < -0.39 is 5.60 Å². The van der Waals surface area contributed by atoms with Crippen molar-refractivity contribution in [2.75, 3.05) is 13.1 Å². The van der Waals surface area contributed by atoms with Crippen LogP contribution in [-0.4, -0.2) is 34.6 Å². The van der Waals surface area contributed by atoms with Crippen molar-refractivity contribution >= 4 is 5.91 Å². The zero-order valence-corrected chi connectivity index (χ0v) is 8.12. The third kappa shape index (κ3) is 1.70. The molecule has 74 valence electrons. The van der Waals surface area contributed by atoms with E-state index in [0.717, 1.165) is 12.8 Å². The van der Waals surface area contributed by atoms with Crippen molar-refractivity contribution < 1.29 is 9.90 Å². The molecule has 0 radical (unpaired) electrons. The van der Waals surface area contributed by atoms with Crippen LogP contribution in [-0.2, 0) is 4.79 Å². The maximum Gasteiger partial charge on any atom is 0.225 e. The molecule has 0 aromatic heterocycles. The van der Waals surface area contributed by atoms with Gasteiger partial charge in [-0.05, 0) is 19.8 Å². The van der Waals surface area contributed by atoms with Gasteiger partial charge in [0.05, 0.1) is 18.7 Å². The van der Waals surface area contributed by atoms with Crippen LogP contribution in [0.1, 0.15) is 32.6 Å². The van der Waals surface area contributed by atoms with Gasteiger partial charge in [-0.1, -0.05) is 12.8 Å². The fourth-order valence-electron chi connectivity index (χ4n) is 2.36. The van der Waals surface area contributed by atoms with Crippen molar-refractivity contribution in [3.05, 3.63) is 0 Å². The van der Waals surface area contributed by atoms with E-state index in [1.165, 1.54) is 12.8 Å². The number of amides is 1. The first-order valence-electron chi connectivity index (χ1n) is 5.10. The van der Waals surface area contributed by atoms with Gasteiger partial charge in [-0.15, -0.1) is 0 Å². The fourth-order valence-corrected chi connectivity index (χ4v) is 2.36. The summed E-state index contributed by atoms with van der Waals surface area (Å²) in [5.74, 6) is 0.528. The smallest absolute Gasteiger partial charge is 0.225 e. The minimum atomic E-state index is -0.617. The minimum absolute atomic E-state index is 0.260. The average molecular weight is 183 g/mol. The zero-order valence-electron chi connectivity index (χ0n) is 8.12. The molecule has 13 heavy (non-hydrogen) atoms. The largest absolute Gasteiger partial charge is 0.386 e. The number of nitrogens with zero attached hydrogens (tertiary/aromatic N) is 1. The number of likely N-dealkylation sites (tertiary alicyclic amines) is 1. The van der Waals surface area contributed by atoms with E-state index in [1.54, 1.807) is 11.8 Å². The summed E-state index contributed by atoms with van der Waals surface area (Å²) in [6.07, 6.45) is 4.50. The molecule has 0 aromatic carbocycles. The third-order valence-electron chi connectivity index (χ3n) is 3.08. The summed E-state index contributed by atoms with van der Waals surface area (Å²) >= 11 is 0. The summed E-state index contributed by atoms with van der Waals surface area (Å²) in [5, 5.41) is 9.48. The highest BCUT2D eigenvalue weighted by Gasteiger charge is 2.41. The lowest BCUT2D eigenvalue weighted by Gasteiger charge is -2.45. The second-order valence-electron chi connectivity index (χ2n) is 4.67. The zero-order chi connectivity index (χ0) is 9.47. The number of carbonyl (C=O) groups excluding carboxylic acids is 1. The number of hydrogen-bond donors (Lipinski definition) is 1. The molecule has 0 unspecified atom stereocenters. The Balaban J connectivity index is 1.85. The van der Waals surface area contributed by atoms with E-state index in [1.807, 2.05) is 0 Å². The van der Waals surface area contributed by atoms with Gasteiger partial charge in [-0.3, -0.25) is 4.79 Å². The maximum absolute atomic E-state index is 11.7. The topological polar surface area (TPSA) is 40.5 Å². The molecule has 0 bridgehead atoms. The highest BCUT2D eigenvalue weighted by molar-refractivity contribution is 5.80. The van der Waals surface area contributed by atoms with Crippen LogP contribution < -0.4 is 0 Å². The molecule has 1 heterocycles. The molecule has 1 N–H and O–H groups in total. The third-order valence-corrected chi connectivity index (χ3v) is 3.08. The Labute approximate surface area is 78.7 Å². The van der Waals surface area contributed by atoms with E-state index in [9.17, 15) is 9.90 Å². The number of carbonyl (C=O) groups is 1. The van der Waals surface area contributed by atoms with Crippen molar-refractivity contribution in [1.29, 1.82) is 0 Å². The summed E-state index contributed by atoms with van der Waals surface area (Å²) in [6.45, 7) is 2.84. The molecule has 2 rings (SSSR count). The molecule has 3 heteroatoms. The van der Waals surface area contributed by atoms with E-state index in [0.29, 0.717) is 13.1 Å². The monoisotopic (exact) mass is 183 g/mol. The lowest BCUT2D eigenvalue weighted by Crippen LogP contribution is -2.62. The summed E-state index contributed by atoms with van der Waals surface area (Å²) < 4.78 is 0. The van der Waals surface area contributed by atoms with Gasteiger partial charge in [-0.25, -0.2) is 0 Å². The quantitative estimate of drug-likeness (QED) is 0.652. The molecule has 0 atom stereocenters. The predicted octanol–water partition coefficient (Wildman–Crippen LogP) is 0.770. The molecule has 1 aliphatic heterocycles. The highest BCUT2D eigenvalue weighted by Crippen LogP contribution is 2.30. The summed E-state index contributed by atoms with van der Waals surface area (Å²) in [4.78, 5) is 13.5. The van der Waals surface area contributed by atoms with Gasteiger partial charge in [0.15, 0.2) is 0 Å². The lowest BCUT2D eigenvalue weighted by atomic mass is 9.94. The molecule has 3 nitrogen and oxygen atoms in total. The number of aliphatic hydroxyl groups is 1. The standard InChI is InChI=1S/C10H17NO2/c1-10(13)6-11(7-10)9(12)8-4-2-3-5-8/h8,13H,2-7H2,1H3. The molecule has 1 saturated heterocycles. The first-order chi connectivity index (χ1) is 6.08. The minimum Gasteiger partial charge on any atom is -0.386 e. The van der Waals surface area contributed by atoms with Crippen LogP contribution >= 0.6 is 0 Å². The first-order valence-corrected chi connectivity index (χ1v) is 5.10. The van der Waals surface area contributed by atoms with Gasteiger partial charge >= 0.3 is 0 Å². The highest BCUT2D eigenvalue weighted by atomic mass is 16.3. The van der Waals surface area contributed by atoms with Crippen molar-refractivity contribution in [1.82, 2.24) is 4.90 Å². The second kappa shape index (κ2) is 2.98. The van der Waals surface area contributed by atoms with Crippen LogP contribution in [0.15, 0.2) is 0 Å². The van der Waals surface area contributed by atoms with Crippen molar-refractivity contribution in [3.8, 4) is 0 Å². The van der Waals surface area contributed by atoms with Crippen LogP contribution in [0.3, 0.4) is 0 Å². The van der Waals surface area contributed by atoms with Gasteiger partial charge in [0, 0.05) is 5.92 Å². The maximum atomic E-state index is 11.7. The Morgan fingerprint density at radius 1 is 1.38 bits per heavy atom. The predicted molar refractivity (Wildman–Crippen MR) is 49.2 cm³/mol. The Morgan fingerprint density at radius 2 is 1.92 bits per heavy atom. The van der Waals surface area contributed by atoms with E-state index in [4.69, 9.17) is 0 Å². The Hall–Kier alpha value is -0.570. The molecule has 2 fully saturated rings. The molecule has 2 aliphatic rings. The molecule has 0 aromatic rings. The molecular weight excluding hydrogens is 166 g/mol. The van der Waals surface area contributed by atoms with Crippen molar-refractivity contribution in [2.24, 2.45) is 5.92 Å². The number of hydrogen-bond acceptors (Lipinski definition) is 2. The van der Waals surface area contributed by atoms with Crippen LogP contribution in [0.2, 0.25) is 0 Å². The van der Waals surface area contributed by atoms with Crippen molar-refractivity contribution in [2.45, 2.75) is 38.2 Å². The Kier molecular flexibility index (Phi) is 2.06. The van der Waals surface area contributed by atoms with E-state index in [-0.39, 0.29) is 11.8 Å².